The molecule has 0 spiro atoms. The highest BCUT2D eigenvalue weighted by Gasteiger charge is 2.38. The van der Waals surface area contributed by atoms with Crippen molar-refractivity contribution in [2.75, 3.05) is 12.3 Å². The van der Waals surface area contributed by atoms with Crippen molar-refractivity contribution in [2.45, 2.75) is 45.1 Å². The molecule has 3 atom stereocenters. The molecular formula is C15H23BrN2O2S. The Labute approximate surface area is 135 Å². The number of hydrogen-bond acceptors (Lipinski definition) is 3. The molecule has 2 rings (SSSR count). The van der Waals surface area contributed by atoms with Crippen LogP contribution in [0.4, 0.5) is 5.69 Å². The zero-order valence-corrected chi connectivity index (χ0v) is 15.3. The average Bonchev–Trinajstić information content (AvgIpc) is 2.37. The fourth-order valence-electron chi connectivity index (χ4n) is 3.05. The lowest BCUT2D eigenvalue weighted by Crippen LogP contribution is -2.48. The molecule has 1 aromatic carbocycles. The molecule has 1 aromatic rings. The first-order valence-electron chi connectivity index (χ1n) is 7.22. The molecule has 1 aliphatic rings. The van der Waals surface area contributed by atoms with Crippen LogP contribution in [0.25, 0.3) is 0 Å². The fourth-order valence-corrected chi connectivity index (χ4v) is 5.81. The van der Waals surface area contributed by atoms with E-state index in [-0.39, 0.29) is 6.04 Å². The van der Waals surface area contributed by atoms with Crippen LogP contribution in [0.15, 0.2) is 21.5 Å². The van der Waals surface area contributed by atoms with E-state index in [0.29, 0.717) is 39.0 Å². The standard InChI is InChI=1S/C15H23BrN2O2S/c1-9-5-10(2)12(4)18(8-9)21(19,20)15-7-13(16)6-14(17)11(15)3/h6-7,9-10,12H,5,8,17H2,1-4H3. The summed E-state index contributed by atoms with van der Waals surface area (Å²) in [6.07, 6.45) is 1.06. The van der Waals surface area contributed by atoms with Gasteiger partial charge in [0.2, 0.25) is 10.0 Å². The van der Waals surface area contributed by atoms with E-state index in [1.165, 1.54) is 0 Å². The van der Waals surface area contributed by atoms with Crippen LogP contribution in [0.3, 0.4) is 0 Å². The molecule has 0 amide bonds. The predicted molar refractivity (Wildman–Crippen MR) is 89.6 cm³/mol. The lowest BCUT2D eigenvalue weighted by atomic mass is 9.88. The minimum atomic E-state index is -3.53. The second-order valence-electron chi connectivity index (χ2n) is 6.25. The maximum atomic E-state index is 13.1. The van der Waals surface area contributed by atoms with E-state index in [2.05, 4.69) is 29.8 Å². The Balaban J connectivity index is 2.51. The second kappa shape index (κ2) is 5.89. The van der Waals surface area contributed by atoms with Gasteiger partial charge >= 0.3 is 0 Å². The van der Waals surface area contributed by atoms with Crippen molar-refractivity contribution in [1.82, 2.24) is 4.31 Å². The number of hydrogen-bond donors (Lipinski definition) is 1. The molecule has 0 aromatic heterocycles. The summed E-state index contributed by atoms with van der Waals surface area (Å²) in [6.45, 7) is 8.54. The molecule has 1 heterocycles. The van der Waals surface area contributed by atoms with E-state index in [0.717, 1.165) is 6.42 Å². The van der Waals surface area contributed by atoms with Gasteiger partial charge in [0.05, 0.1) is 4.90 Å². The first-order valence-corrected chi connectivity index (χ1v) is 9.45. The molecular weight excluding hydrogens is 352 g/mol. The van der Waals surface area contributed by atoms with Gasteiger partial charge in [-0.05, 0) is 49.8 Å². The number of rotatable bonds is 2. The molecule has 0 radical (unpaired) electrons. The van der Waals surface area contributed by atoms with Gasteiger partial charge in [-0.3, -0.25) is 0 Å². The van der Waals surface area contributed by atoms with Gasteiger partial charge in [0.1, 0.15) is 0 Å². The lowest BCUT2D eigenvalue weighted by molar-refractivity contribution is 0.157. The summed E-state index contributed by atoms with van der Waals surface area (Å²) >= 11 is 3.34. The highest BCUT2D eigenvalue weighted by molar-refractivity contribution is 9.10. The van der Waals surface area contributed by atoms with Gasteiger partial charge in [0, 0.05) is 22.7 Å². The zero-order valence-electron chi connectivity index (χ0n) is 12.9. The van der Waals surface area contributed by atoms with Gasteiger partial charge in [-0.15, -0.1) is 0 Å². The van der Waals surface area contributed by atoms with Crippen molar-refractivity contribution in [3.05, 3.63) is 22.2 Å². The largest absolute Gasteiger partial charge is 0.398 e. The van der Waals surface area contributed by atoms with Gasteiger partial charge in [-0.1, -0.05) is 29.8 Å². The van der Waals surface area contributed by atoms with E-state index in [9.17, 15) is 8.42 Å². The monoisotopic (exact) mass is 374 g/mol. The summed E-state index contributed by atoms with van der Waals surface area (Å²) in [6, 6.07) is 3.39. The van der Waals surface area contributed by atoms with E-state index in [1.807, 2.05) is 6.92 Å². The van der Waals surface area contributed by atoms with Crippen LogP contribution in [0.1, 0.15) is 32.8 Å². The van der Waals surface area contributed by atoms with Crippen molar-refractivity contribution in [3.63, 3.8) is 0 Å². The Bertz CT molecular complexity index is 645. The van der Waals surface area contributed by atoms with Crippen LogP contribution >= 0.6 is 15.9 Å². The normalized spacial score (nSPS) is 27.8. The van der Waals surface area contributed by atoms with Crippen molar-refractivity contribution in [3.8, 4) is 0 Å². The van der Waals surface area contributed by atoms with Gasteiger partial charge in [0.15, 0.2) is 0 Å². The molecule has 4 nitrogen and oxygen atoms in total. The summed E-state index contributed by atoms with van der Waals surface area (Å²) < 4.78 is 28.5. The topological polar surface area (TPSA) is 63.4 Å². The molecule has 3 unspecified atom stereocenters. The highest BCUT2D eigenvalue weighted by Crippen LogP contribution is 2.34. The third-order valence-corrected chi connectivity index (χ3v) is 7.03. The van der Waals surface area contributed by atoms with Crippen LogP contribution in [0.5, 0.6) is 0 Å². The average molecular weight is 375 g/mol. The van der Waals surface area contributed by atoms with Crippen molar-refractivity contribution < 1.29 is 8.42 Å². The van der Waals surface area contributed by atoms with Gasteiger partial charge < -0.3 is 5.73 Å². The Morgan fingerprint density at radius 3 is 2.52 bits per heavy atom. The number of benzene rings is 1. The van der Waals surface area contributed by atoms with Crippen molar-refractivity contribution in [2.24, 2.45) is 11.8 Å². The van der Waals surface area contributed by atoms with Crippen molar-refractivity contribution in [1.29, 1.82) is 0 Å². The lowest BCUT2D eigenvalue weighted by Gasteiger charge is -2.40. The van der Waals surface area contributed by atoms with Gasteiger partial charge in [0.25, 0.3) is 0 Å². The third-order valence-electron chi connectivity index (χ3n) is 4.50. The molecule has 21 heavy (non-hydrogen) atoms. The number of anilines is 1. The second-order valence-corrected chi connectivity index (χ2v) is 9.03. The Kier molecular flexibility index (Phi) is 4.71. The van der Waals surface area contributed by atoms with E-state index >= 15 is 0 Å². The summed E-state index contributed by atoms with van der Waals surface area (Å²) in [5.74, 6) is 0.726. The number of sulfonamides is 1. The fraction of sp³-hybridized carbons (Fsp3) is 0.600. The van der Waals surface area contributed by atoms with E-state index in [4.69, 9.17) is 5.73 Å². The highest BCUT2D eigenvalue weighted by atomic mass is 79.9. The van der Waals surface area contributed by atoms with Gasteiger partial charge in [-0.25, -0.2) is 8.42 Å². The predicted octanol–water partition coefficient (Wildman–Crippen LogP) is 3.39. The third kappa shape index (κ3) is 3.12. The van der Waals surface area contributed by atoms with Crippen LogP contribution in [0, 0.1) is 18.8 Å². The van der Waals surface area contributed by atoms with Crippen LogP contribution in [-0.2, 0) is 10.0 Å². The smallest absolute Gasteiger partial charge is 0.243 e. The molecule has 2 N–H and O–H groups in total. The zero-order chi connectivity index (χ0) is 15.9. The minimum Gasteiger partial charge on any atom is -0.398 e. The molecule has 118 valence electrons. The molecule has 0 bridgehead atoms. The first kappa shape index (κ1) is 16.8. The maximum Gasteiger partial charge on any atom is 0.243 e. The SMILES string of the molecule is Cc1c(N)cc(Br)cc1S(=O)(=O)N1CC(C)CC(C)C1C. The quantitative estimate of drug-likeness (QED) is 0.806. The van der Waals surface area contributed by atoms with E-state index < -0.39 is 10.0 Å². The first-order chi connectivity index (χ1) is 9.64. The van der Waals surface area contributed by atoms with E-state index in [1.54, 1.807) is 23.4 Å². The summed E-state index contributed by atoms with van der Waals surface area (Å²) in [7, 11) is -3.53. The summed E-state index contributed by atoms with van der Waals surface area (Å²) in [4.78, 5) is 0.308. The molecule has 1 fully saturated rings. The van der Waals surface area contributed by atoms with Gasteiger partial charge in [-0.2, -0.15) is 4.31 Å². The van der Waals surface area contributed by atoms with Crippen molar-refractivity contribution >= 4 is 31.6 Å². The van der Waals surface area contributed by atoms with Crippen LogP contribution in [0.2, 0.25) is 0 Å². The molecule has 0 aliphatic carbocycles. The Hall–Kier alpha value is -0.590. The molecule has 1 aliphatic heterocycles. The summed E-state index contributed by atoms with van der Waals surface area (Å²) in [5.41, 5.74) is 7.04. The number of nitrogens with two attached hydrogens (primary N) is 1. The number of halogens is 1. The number of nitrogen functional groups attached to an aromatic ring is 1. The Morgan fingerprint density at radius 2 is 1.90 bits per heavy atom. The molecule has 6 heteroatoms. The molecule has 0 saturated carbocycles. The Morgan fingerprint density at radius 1 is 1.29 bits per heavy atom. The molecule has 1 saturated heterocycles. The van der Waals surface area contributed by atoms with Crippen LogP contribution in [-0.4, -0.2) is 25.3 Å². The number of piperidine rings is 1. The summed E-state index contributed by atoms with van der Waals surface area (Å²) in [5, 5.41) is 0. The number of nitrogens with zero attached hydrogens (tertiary/aromatic N) is 1. The van der Waals surface area contributed by atoms with Crippen LogP contribution < -0.4 is 5.73 Å². The minimum absolute atomic E-state index is 0.00538. The maximum absolute atomic E-state index is 13.1.